The number of carbonyl (C=O) groups excluding carboxylic acids is 1. The molecular formula is C16H18Cl2N4O3. The maximum Gasteiger partial charge on any atom is 0.263 e. The largest absolute Gasteiger partial charge is 0.482 e. The lowest BCUT2D eigenvalue weighted by Gasteiger charge is -2.09. The van der Waals surface area contributed by atoms with Crippen LogP contribution in [0.1, 0.15) is 6.42 Å². The zero-order valence-electron chi connectivity index (χ0n) is 13.6. The van der Waals surface area contributed by atoms with Gasteiger partial charge >= 0.3 is 0 Å². The first-order valence-electron chi connectivity index (χ1n) is 7.52. The SMILES string of the molecule is COCCCNc1ccc(NC(=O)COc2ccc(Cl)cc2Cl)nn1. The molecule has 1 aromatic carbocycles. The molecule has 134 valence electrons. The van der Waals surface area contributed by atoms with Crippen LogP contribution in [0.15, 0.2) is 30.3 Å². The van der Waals surface area contributed by atoms with Crippen molar-refractivity contribution in [2.75, 3.05) is 37.5 Å². The average molecular weight is 385 g/mol. The van der Waals surface area contributed by atoms with Crippen LogP contribution in [0.3, 0.4) is 0 Å². The molecule has 0 spiro atoms. The molecular weight excluding hydrogens is 367 g/mol. The molecule has 0 bridgehead atoms. The van der Waals surface area contributed by atoms with Crippen molar-refractivity contribution in [3.05, 3.63) is 40.4 Å². The number of aromatic nitrogens is 2. The summed E-state index contributed by atoms with van der Waals surface area (Å²) in [6.45, 7) is 1.19. The highest BCUT2D eigenvalue weighted by molar-refractivity contribution is 6.35. The Bertz CT molecular complexity index is 698. The smallest absolute Gasteiger partial charge is 0.263 e. The molecule has 2 aromatic rings. The van der Waals surface area contributed by atoms with Gasteiger partial charge in [0.2, 0.25) is 0 Å². The highest BCUT2D eigenvalue weighted by Crippen LogP contribution is 2.27. The van der Waals surface area contributed by atoms with Crippen LogP contribution in [0, 0.1) is 0 Å². The molecule has 1 amide bonds. The topological polar surface area (TPSA) is 85.4 Å². The predicted octanol–water partition coefficient (Wildman–Crippen LogP) is 3.25. The lowest BCUT2D eigenvalue weighted by Crippen LogP contribution is -2.21. The molecule has 1 aromatic heterocycles. The third-order valence-corrected chi connectivity index (χ3v) is 3.55. The maximum absolute atomic E-state index is 11.9. The van der Waals surface area contributed by atoms with Crippen LogP contribution in [-0.4, -0.2) is 43.0 Å². The lowest BCUT2D eigenvalue weighted by atomic mass is 10.3. The Morgan fingerprint density at radius 2 is 1.92 bits per heavy atom. The minimum absolute atomic E-state index is 0.208. The number of anilines is 2. The fourth-order valence-corrected chi connectivity index (χ4v) is 2.30. The molecule has 0 aliphatic rings. The quantitative estimate of drug-likeness (QED) is 0.645. The van der Waals surface area contributed by atoms with Gasteiger partial charge in [0.1, 0.15) is 11.6 Å². The van der Waals surface area contributed by atoms with Gasteiger partial charge in [0.25, 0.3) is 5.91 Å². The Kier molecular flexibility index (Phi) is 7.72. The Hall–Kier alpha value is -2.09. The molecule has 0 aliphatic heterocycles. The summed E-state index contributed by atoms with van der Waals surface area (Å²) in [7, 11) is 1.65. The van der Waals surface area contributed by atoms with E-state index in [1.807, 2.05) is 0 Å². The van der Waals surface area contributed by atoms with E-state index in [-0.39, 0.29) is 12.5 Å². The highest BCUT2D eigenvalue weighted by atomic mass is 35.5. The van der Waals surface area contributed by atoms with Crippen molar-refractivity contribution in [1.82, 2.24) is 10.2 Å². The molecule has 0 unspecified atom stereocenters. The van der Waals surface area contributed by atoms with Gasteiger partial charge in [-0.15, -0.1) is 10.2 Å². The summed E-state index contributed by atoms with van der Waals surface area (Å²) in [6, 6.07) is 8.15. The number of carbonyl (C=O) groups is 1. The van der Waals surface area contributed by atoms with Gasteiger partial charge in [0.15, 0.2) is 12.4 Å². The fourth-order valence-electron chi connectivity index (χ4n) is 1.84. The van der Waals surface area contributed by atoms with Crippen molar-refractivity contribution >= 4 is 40.7 Å². The van der Waals surface area contributed by atoms with Gasteiger partial charge in [-0.25, -0.2) is 0 Å². The number of benzene rings is 1. The van der Waals surface area contributed by atoms with Gasteiger partial charge in [-0.3, -0.25) is 4.79 Å². The third kappa shape index (κ3) is 6.74. The standard InChI is InChI=1S/C16H18Cl2N4O3/c1-24-8-2-7-19-14-5-6-15(22-21-14)20-16(23)10-25-13-4-3-11(17)9-12(13)18/h3-6,9H,2,7-8,10H2,1H3,(H,19,21)(H,20,22,23). The molecule has 9 heteroatoms. The van der Waals surface area contributed by atoms with E-state index in [0.29, 0.717) is 34.0 Å². The highest BCUT2D eigenvalue weighted by Gasteiger charge is 2.08. The number of rotatable bonds is 9. The second-order valence-corrected chi connectivity index (χ2v) is 5.83. The monoisotopic (exact) mass is 384 g/mol. The summed E-state index contributed by atoms with van der Waals surface area (Å²) in [6.07, 6.45) is 0.862. The van der Waals surface area contributed by atoms with E-state index >= 15 is 0 Å². The first kappa shape index (κ1) is 19.2. The van der Waals surface area contributed by atoms with Gasteiger partial charge in [0, 0.05) is 25.3 Å². The lowest BCUT2D eigenvalue weighted by molar-refractivity contribution is -0.118. The van der Waals surface area contributed by atoms with Crippen LogP contribution in [0.25, 0.3) is 0 Å². The number of hydrogen-bond donors (Lipinski definition) is 2. The van der Waals surface area contributed by atoms with E-state index < -0.39 is 0 Å². The fraction of sp³-hybridized carbons (Fsp3) is 0.312. The molecule has 1 heterocycles. The number of nitrogens with zero attached hydrogens (tertiary/aromatic N) is 2. The molecule has 7 nitrogen and oxygen atoms in total. The van der Waals surface area contributed by atoms with E-state index in [0.717, 1.165) is 13.0 Å². The van der Waals surface area contributed by atoms with E-state index in [4.69, 9.17) is 32.7 Å². The average Bonchev–Trinajstić information content (AvgIpc) is 2.59. The molecule has 0 fully saturated rings. The predicted molar refractivity (Wildman–Crippen MR) is 97.6 cm³/mol. The minimum Gasteiger partial charge on any atom is -0.482 e. The van der Waals surface area contributed by atoms with Gasteiger partial charge < -0.3 is 20.1 Å². The first-order valence-corrected chi connectivity index (χ1v) is 8.28. The Labute approximate surface area is 155 Å². The van der Waals surface area contributed by atoms with Gasteiger partial charge in [-0.1, -0.05) is 23.2 Å². The molecule has 25 heavy (non-hydrogen) atoms. The van der Waals surface area contributed by atoms with Crippen molar-refractivity contribution in [1.29, 1.82) is 0 Å². The zero-order chi connectivity index (χ0) is 18.1. The molecule has 2 N–H and O–H groups in total. The third-order valence-electron chi connectivity index (χ3n) is 3.02. The summed E-state index contributed by atoms with van der Waals surface area (Å²) in [5.41, 5.74) is 0. The van der Waals surface area contributed by atoms with E-state index in [1.165, 1.54) is 0 Å². The van der Waals surface area contributed by atoms with Crippen LogP contribution >= 0.6 is 23.2 Å². The molecule has 2 rings (SSSR count). The molecule has 0 saturated heterocycles. The second-order valence-electron chi connectivity index (χ2n) is 4.99. The van der Waals surface area contributed by atoms with Crippen LogP contribution in [0.4, 0.5) is 11.6 Å². The minimum atomic E-state index is -0.374. The van der Waals surface area contributed by atoms with Crippen molar-refractivity contribution in [2.45, 2.75) is 6.42 Å². The number of hydrogen-bond acceptors (Lipinski definition) is 6. The zero-order valence-corrected chi connectivity index (χ0v) is 15.1. The molecule has 0 atom stereocenters. The molecule has 0 radical (unpaired) electrons. The van der Waals surface area contributed by atoms with Crippen LogP contribution < -0.4 is 15.4 Å². The van der Waals surface area contributed by atoms with E-state index in [1.54, 1.807) is 37.4 Å². The van der Waals surface area contributed by atoms with Crippen LogP contribution in [0.5, 0.6) is 5.75 Å². The number of ether oxygens (including phenoxy) is 2. The summed E-state index contributed by atoms with van der Waals surface area (Å²) in [5, 5.41) is 14.4. The van der Waals surface area contributed by atoms with E-state index in [2.05, 4.69) is 20.8 Å². The van der Waals surface area contributed by atoms with Crippen molar-refractivity contribution in [2.24, 2.45) is 0 Å². The molecule has 0 aliphatic carbocycles. The van der Waals surface area contributed by atoms with Gasteiger partial charge in [-0.2, -0.15) is 0 Å². The summed E-state index contributed by atoms with van der Waals surface area (Å²) >= 11 is 11.8. The molecule has 0 saturated carbocycles. The normalized spacial score (nSPS) is 10.4. The second kappa shape index (κ2) is 10.0. The Morgan fingerprint density at radius 3 is 2.60 bits per heavy atom. The van der Waals surface area contributed by atoms with Gasteiger partial charge in [0.05, 0.1) is 5.02 Å². The summed E-state index contributed by atoms with van der Waals surface area (Å²) in [4.78, 5) is 11.9. The number of amides is 1. The number of nitrogens with one attached hydrogen (secondary N) is 2. The Balaban J connectivity index is 1.78. The summed E-state index contributed by atoms with van der Waals surface area (Å²) < 4.78 is 10.3. The van der Waals surface area contributed by atoms with Crippen molar-refractivity contribution in [3.63, 3.8) is 0 Å². The Morgan fingerprint density at radius 1 is 1.16 bits per heavy atom. The maximum atomic E-state index is 11.9. The van der Waals surface area contributed by atoms with Crippen molar-refractivity contribution in [3.8, 4) is 5.75 Å². The van der Waals surface area contributed by atoms with Gasteiger partial charge in [-0.05, 0) is 36.8 Å². The van der Waals surface area contributed by atoms with Crippen LogP contribution in [0.2, 0.25) is 10.0 Å². The number of methoxy groups -OCH3 is 1. The summed E-state index contributed by atoms with van der Waals surface area (Å²) in [5.74, 6) is 0.959. The van der Waals surface area contributed by atoms with E-state index in [9.17, 15) is 4.79 Å². The first-order chi connectivity index (χ1) is 12.1. The van der Waals surface area contributed by atoms with Crippen LogP contribution in [-0.2, 0) is 9.53 Å². The van der Waals surface area contributed by atoms with Crippen molar-refractivity contribution < 1.29 is 14.3 Å². The number of halogens is 2.